The van der Waals surface area contributed by atoms with Gasteiger partial charge in [-0.15, -0.1) is 0 Å². The van der Waals surface area contributed by atoms with Gasteiger partial charge in [-0.25, -0.2) is 0 Å². The summed E-state index contributed by atoms with van der Waals surface area (Å²) in [4.78, 5) is 15.5. The van der Waals surface area contributed by atoms with Gasteiger partial charge in [-0.05, 0) is 13.8 Å². The summed E-state index contributed by atoms with van der Waals surface area (Å²) in [6.45, 7) is 4.34. The van der Waals surface area contributed by atoms with Crippen LogP contribution < -0.4 is 17.6 Å². The van der Waals surface area contributed by atoms with Gasteiger partial charge in [0.05, 0.1) is 0 Å². The van der Waals surface area contributed by atoms with Gasteiger partial charge < -0.3 is 0 Å². The van der Waals surface area contributed by atoms with Crippen molar-refractivity contribution >= 4 is 52.7 Å². The first-order chi connectivity index (χ1) is 31.5. The summed E-state index contributed by atoms with van der Waals surface area (Å²) in [6.07, 6.45) is 0. The number of rotatable bonds is 9. The van der Waals surface area contributed by atoms with Crippen LogP contribution in [0.1, 0.15) is 11.1 Å². The Labute approximate surface area is 376 Å². The summed E-state index contributed by atoms with van der Waals surface area (Å²) in [5, 5.41) is 2.47. The normalized spacial score (nSPS) is 11.6. The van der Waals surface area contributed by atoms with Crippen molar-refractivity contribution in [3.8, 4) is 51.0 Å². The molecule has 0 saturated heterocycles. The van der Waals surface area contributed by atoms with E-state index in [0.29, 0.717) is 17.5 Å². The molecule has 9 aromatic carbocycles. The molecule has 0 N–H and O–H groups in total. The fraction of sp³-hybridized carbons (Fsp3) is 0.0339. The van der Waals surface area contributed by atoms with E-state index >= 15 is 0 Å². The van der Waals surface area contributed by atoms with Crippen molar-refractivity contribution < 1.29 is 0 Å². The van der Waals surface area contributed by atoms with Crippen LogP contribution in [0, 0.1) is 13.8 Å². The van der Waals surface area contributed by atoms with Crippen molar-refractivity contribution in [2.24, 2.45) is 0 Å². The van der Waals surface area contributed by atoms with Gasteiger partial charge >= 0.3 is 328 Å². The second-order valence-corrected chi connectivity index (χ2v) is 24.6. The Morgan fingerprint density at radius 2 is 0.688 bits per heavy atom. The summed E-state index contributed by atoms with van der Waals surface area (Å²) >= 11 is -3.48. The van der Waals surface area contributed by atoms with Crippen molar-refractivity contribution in [3.63, 3.8) is 0 Å². The number of nitrogens with zero attached hydrogens (tertiary/aromatic N) is 4. The monoisotopic (exact) mass is 882 g/mol. The molecule has 0 aliphatic rings. The summed E-state index contributed by atoms with van der Waals surface area (Å²) < 4.78 is 7.96. The first-order valence-corrected chi connectivity index (χ1v) is 26.0. The van der Waals surface area contributed by atoms with Gasteiger partial charge in [0.1, 0.15) is 0 Å². The average molecular weight is 882 g/mol. The summed E-state index contributed by atoms with van der Waals surface area (Å²) in [7, 11) is 0. The zero-order chi connectivity index (χ0) is 43.0. The molecule has 11 rings (SSSR count). The maximum absolute atomic E-state index is 5.23. The van der Waals surface area contributed by atoms with Gasteiger partial charge in [-0.1, -0.05) is 36.4 Å². The zero-order valence-electron chi connectivity index (χ0n) is 35.7. The van der Waals surface area contributed by atoms with Crippen molar-refractivity contribution in [3.05, 3.63) is 242 Å². The third-order valence-corrected chi connectivity index (χ3v) is 22.5. The first kappa shape index (κ1) is 39.2. The number of hydrogen-bond donors (Lipinski definition) is 0. The average Bonchev–Trinajstić information content (AvgIpc) is 3.68. The Morgan fingerprint density at radius 3 is 1.12 bits per heavy atom. The molecular formula is C59H44GeN4. The van der Waals surface area contributed by atoms with Gasteiger partial charge in [0, 0.05) is 0 Å². The molecule has 11 aromatic rings. The third kappa shape index (κ3) is 7.02. The first-order valence-electron chi connectivity index (χ1n) is 21.8. The van der Waals surface area contributed by atoms with Crippen LogP contribution in [0.2, 0.25) is 0 Å². The van der Waals surface area contributed by atoms with Gasteiger partial charge in [-0.2, -0.15) is 0 Å². The van der Waals surface area contributed by atoms with Gasteiger partial charge in [0.2, 0.25) is 0 Å². The molecule has 0 spiro atoms. The van der Waals surface area contributed by atoms with Gasteiger partial charge in [0.15, 0.2) is 0 Å². The molecule has 0 fully saturated rings. The van der Waals surface area contributed by atoms with E-state index in [9.17, 15) is 0 Å². The maximum atomic E-state index is 5.23. The van der Waals surface area contributed by atoms with Crippen LogP contribution >= 0.6 is 0 Å². The minimum absolute atomic E-state index is 0.617. The molecule has 0 bridgehead atoms. The molecule has 0 unspecified atom stereocenters. The van der Waals surface area contributed by atoms with Crippen LogP contribution in [-0.2, 0) is 0 Å². The Morgan fingerprint density at radius 1 is 0.312 bits per heavy atom. The van der Waals surface area contributed by atoms with Crippen molar-refractivity contribution in [2.45, 2.75) is 13.8 Å². The third-order valence-electron chi connectivity index (χ3n) is 12.5. The standard InChI is InChI=1S/C59H44GeN4/c1-41-28-34-55-53(36-41)54-37-42(2)29-35-56(54)64(55)52-39-46(38-47(40-52)59-62-57(44-18-8-3-9-19-44)61-58(63-59)45-20-10-4-11-21-45)43-30-32-51(33-31-43)60(48-22-12-5-13-23-48,49-24-14-6-15-25-49)50-26-16-7-17-27-50/h3-40H,1-2H3. The van der Waals surface area contributed by atoms with E-state index < -0.39 is 13.3 Å². The molecule has 0 atom stereocenters. The van der Waals surface area contributed by atoms with Crippen LogP contribution in [0.5, 0.6) is 0 Å². The predicted octanol–water partition coefficient (Wildman–Crippen LogP) is 11.6. The molecule has 5 heteroatoms. The summed E-state index contributed by atoms with van der Waals surface area (Å²) in [5.41, 5.74) is 10.8. The molecule has 2 heterocycles. The second-order valence-electron chi connectivity index (χ2n) is 16.6. The van der Waals surface area contributed by atoms with E-state index in [-0.39, 0.29) is 0 Å². The minimum atomic E-state index is -3.48. The van der Waals surface area contributed by atoms with Crippen molar-refractivity contribution in [1.82, 2.24) is 19.5 Å². The zero-order valence-corrected chi connectivity index (χ0v) is 37.8. The number of fused-ring (bicyclic) bond motifs is 3. The Kier molecular flexibility index (Phi) is 10.1. The fourth-order valence-electron chi connectivity index (χ4n) is 9.48. The molecule has 2 aromatic heterocycles. The Balaban J connectivity index is 1.16. The Hall–Kier alpha value is -7.67. The van der Waals surface area contributed by atoms with E-state index in [1.807, 2.05) is 36.4 Å². The second kappa shape index (κ2) is 16.6. The summed E-state index contributed by atoms with van der Waals surface area (Å²) in [6, 6.07) is 83.7. The van der Waals surface area contributed by atoms with Gasteiger partial charge in [0.25, 0.3) is 0 Å². The number of benzene rings is 9. The fourth-order valence-corrected chi connectivity index (χ4v) is 19.4. The molecule has 0 aliphatic heterocycles. The number of aromatic nitrogens is 4. The molecule has 0 aliphatic carbocycles. The van der Waals surface area contributed by atoms with E-state index in [1.165, 1.54) is 39.5 Å². The van der Waals surface area contributed by atoms with Crippen LogP contribution in [0.15, 0.2) is 231 Å². The molecule has 0 saturated carbocycles. The molecule has 64 heavy (non-hydrogen) atoms. The van der Waals surface area contributed by atoms with Crippen LogP contribution in [-0.4, -0.2) is 32.8 Å². The number of aryl methyl sites for hydroxylation is 2. The SMILES string of the molecule is Cc1ccc2c(c1)c1cc(C)ccc1n2-c1cc(-c2cc[c]([Ge]([c]3ccccc3)([c]3ccccc3)[c]3ccccc3)cc2)cc(-c2nc(-c3ccccc3)nc(-c3ccccc3)n2)c1. The Bertz CT molecular complexity index is 3210. The van der Waals surface area contributed by atoms with Crippen molar-refractivity contribution in [2.75, 3.05) is 0 Å². The molecule has 0 radical (unpaired) electrons. The summed E-state index contributed by atoms with van der Waals surface area (Å²) in [5.74, 6) is 1.88. The van der Waals surface area contributed by atoms with Gasteiger partial charge in [-0.3, -0.25) is 0 Å². The van der Waals surface area contributed by atoms with E-state index in [2.05, 4.69) is 213 Å². The van der Waals surface area contributed by atoms with Crippen LogP contribution in [0.4, 0.5) is 0 Å². The number of hydrogen-bond acceptors (Lipinski definition) is 3. The quantitative estimate of drug-likeness (QED) is 0.136. The van der Waals surface area contributed by atoms with Crippen molar-refractivity contribution in [1.29, 1.82) is 0 Å². The topological polar surface area (TPSA) is 43.6 Å². The van der Waals surface area contributed by atoms with E-state index in [1.54, 1.807) is 0 Å². The molecule has 4 nitrogen and oxygen atoms in total. The van der Waals surface area contributed by atoms with Crippen LogP contribution in [0.25, 0.3) is 72.8 Å². The van der Waals surface area contributed by atoms with E-state index in [4.69, 9.17) is 15.0 Å². The predicted molar refractivity (Wildman–Crippen MR) is 269 cm³/mol. The van der Waals surface area contributed by atoms with Crippen LogP contribution in [0.3, 0.4) is 0 Å². The molecular weight excluding hydrogens is 837 g/mol. The van der Waals surface area contributed by atoms with E-state index in [0.717, 1.165) is 44.5 Å². The molecule has 0 amide bonds. The molecule has 304 valence electrons.